The Morgan fingerprint density at radius 2 is 2.05 bits per heavy atom. The number of hydrogen-bond donors (Lipinski definition) is 1. The molecule has 1 nitrogen and oxygen atoms in total. The van der Waals surface area contributed by atoms with E-state index in [0.29, 0.717) is 11.5 Å². The molecule has 1 aromatic carbocycles. The average molecular weight is 268 g/mol. The molecule has 1 aliphatic rings. The van der Waals surface area contributed by atoms with E-state index in [4.69, 9.17) is 0 Å². The molecule has 2 rings (SSSR count). The average Bonchev–Trinajstić information content (AvgIpc) is 2.42. The van der Waals surface area contributed by atoms with Crippen LogP contribution in [0.5, 0.6) is 0 Å². The lowest BCUT2D eigenvalue weighted by Crippen LogP contribution is -2.21. The first-order valence-corrected chi connectivity index (χ1v) is 7.24. The zero-order chi connectivity index (χ0) is 13.8. The fourth-order valence-electron chi connectivity index (χ4n) is 3.26. The quantitative estimate of drug-likeness (QED) is 0.845. The second-order valence-electron chi connectivity index (χ2n) is 5.70. The second kappa shape index (κ2) is 6.47. The molecule has 1 saturated carbocycles. The maximum atomic E-state index is 13.2. The SMILES string of the molecule is CCC[C@H]1CCC[C@H]([C@@H](O)c2ccc(F)c(F)c2)C1. The van der Waals surface area contributed by atoms with E-state index in [2.05, 4.69) is 6.92 Å². The van der Waals surface area contributed by atoms with Gasteiger partial charge in [0.2, 0.25) is 0 Å². The van der Waals surface area contributed by atoms with Crippen LogP contribution in [0.4, 0.5) is 8.78 Å². The standard InChI is InChI=1S/C16H22F2O/c1-2-4-11-5-3-6-12(9-11)16(19)13-7-8-14(17)15(18)10-13/h7-8,10-12,16,19H,2-6,9H2,1H3/t11-,12-,16+/m0/s1. The number of benzene rings is 1. The van der Waals surface area contributed by atoms with Gasteiger partial charge in [0, 0.05) is 0 Å². The van der Waals surface area contributed by atoms with Crippen LogP contribution in [0.2, 0.25) is 0 Å². The Labute approximate surface area is 113 Å². The van der Waals surface area contributed by atoms with E-state index >= 15 is 0 Å². The van der Waals surface area contributed by atoms with Gasteiger partial charge in [-0.15, -0.1) is 0 Å². The third kappa shape index (κ3) is 3.53. The van der Waals surface area contributed by atoms with E-state index in [1.165, 1.54) is 25.3 Å². The fraction of sp³-hybridized carbons (Fsp3) is 0.625. The lowest BCUT2D eigenvalue weighted by atomic mass is 9.76. The van der Waals surface area contributed by atoms with E-state index in [-0.39, 0.29) is 5.92 Å². The molecule has 1 aliphatic carbocycles. The Bertz CT molecular complexity index is 417. The van der Waals surface area contributed by atoms with Crippen LogP contribution in [0.15, 0.2) is 18.2 Å². The first-order valence-electron chi connectivity index (χ1n) is 7.24. The highest BCUT2D eigenvalue weighted by Gasteiger charge is 2.28. The van der Waals surface area contributed by atoms with Gasteiger partial charge in [-0.25, -0.2) is 8.78 Å². The number of aliphatic hydroxyl groups excluding tert-OH is 1. The summed E-state index contributed by atoms with van der Waals surface area (Å²) < 4.78 is 26.1. The summed E-state index contributed by atoms with van der Waals surface area (Å²) in [4.78, 5) is 0. The Kier molecular flexibility index (Phi) is 4.92. The van der Waals surface area contributed by atoms with Gasteiger partial charge < -0.3 is 5.11 Å². The number of halogens is 2. The van der Waals surface area contributed by atoms with E-state index in [9.17, 15) is 13.9 Å². The molecule has 106 valence electrons. The Morgan fingerprint density at radius 3 is 2.74 bits per heavy atom. The summed E-state index contributed by atoms with van der Waals surface area (Å²) in [5, 5.41) is 10.4. The lowest BCUT2D eigenvalue weighted by Gasteiger charge is -2.32. The van der Waals surface area contributed by atoms with Crippen molar-refractivity contribution in [3.05, 3.63) is 35.4 Å². The molecule has 3 heteroatoms. The molecule has 1 fully saturated rings. The molecule has 0 radical (unpaired) electrons. The molecule has 0 aliphatic heterocycles. The van der Waals surface area contributed by atoms with Crippen molar-refractivity contribution in [2.24, 2.45) is 11.8 Å². The van der Waals surface area contributed by atoms with Crippen LogP contribution in [0.3, 0.4) is 0 Å². The highest BCUT2D eigenvalue weighted by molar-refractivity contribution is 5.20. The molecule has 1 N–H and O–H groups in total. The zero-order valence-corrected chi connectivity index (χ0v) is 11.4. The number of hydrogen-bond acceptors (Lipinski definition) is 1. The van der Waals surface area contributed by atoms with Crippen molar-refractivity contribution < 1.29 is 13.9 Å². The maximum absolute atomic E-state index is 13.2. The zero-order valence-electron chi connectivity index (χ0n) is 11.4. The monoisotopic (exact) mass is 268 g/mol. The number of rotatable bonds is 4. The molecule has 19 heavy (non-hydrogen) atoms. The summed E-state index contributed by atoms with van der Waals surface area (Å²) in [6, 6.07) is 3.72. The third-order valence-electron chi connectivity index (χ3n) is 4.25. The topological polar surface area (TPSA) is 20.2 Å². The molecular weight excluding hydrogens is 246 g/mol. The van der Waals surface area contributed by atoms with Gasteiger partial charge in [-0.2, -0.15) is 0 Å². The predicted molar refractivity (Wildman–Crippen MR) is 71.7 cm³/mol. The molecule has 0 bridgehead atoms. The normalized spacial score (nSPS) is 25.3. The van der Waals surface area contributed by atoms with Gasteiger partial charge in [-0.1, -0.05) is 38.7 Å². The highest BCUT2D eigenvalue weighted by Crippen LogP contribution is 2.39. The summed E-state index contributed by atoms with van der Waals surface area (Å²) in [6.07, 6.45) is 6.01. The summed E-state index contributed by atoms with van der Waals surface area (Å²) >= 11 is 0. The number of aliphatic hydroxyl groups is 1. The van der Waals surface area contributed by atoms with Crippen molar-refractivity contribution in [2.45, 2.75) is 51.6 Å². The minimum atomic E-state index is -0.877. The molecule has 0 saturated heterocycles. The minimum absolute atomic E-state index is 0.176. The predicted octanol–water partition coefficient (Wildman–Crippen LogP) is 4.60. The Balaban J connectivity index is 2.05. The van der Waals surface area contributed by atoms with E-state index in [1.54, 1.807) is 0 Å². The maximum Gasteiger partial charge on any atom is 0.159 e. The van der Waals surface area contributed by atoms with Crippen LogP contribution in [0.1, 0.15) is 57.1 Å². The van der Waals surface area contributed by atoms with Crippen molar-refractivity contribution in [3.8, 4) is 0 Å². The van der Waals surface area contributed by atoms with Gasteiger partial charge in [-0.05, 0) is 42.4 Å². The first-order chi connectivity index (χ1) is 9.11. The van der Waals surface area contributed by atoms with Crippen LogP contribution in [-0.4, -0.2) is 5.11 Å². The molecule has 0 amide bonds. The van der Waals surface area contributed by atoms with E-state index < -0.39 is 17.7 Å². The smallest absolute Gasteiger partial charge is 0.159 e. The van der Waals surface area contributed by atoms with Crippen molar-refractivity contribution in [1.82, 2.24) is 0 Å². The van der Waals surface area contributed by atoms with Crippen LogP contribution >= 0.6 is 0 Å². The molecule has 0 unspecified atom stereocenters. The van der Waals surface area contributed by atoms with Gasteiger partial charge in [0.25, 0.3) is 0 Å². The van der Waals surface area contributed by atoms with Crippen LogP contribution in [0, 0.1) is 23.5 Å². The Morgan fingerprint density at radius 1 is 1.26 bits per heavy atom. The van der Waals surface area contributed by atoms with Gasteiger partial charge in [0.1, 0.15) is 0 Å². The van der Waals surface area contributed by atoms with Crippen molar-refractivity contribution in [1.29, 1.82) is 0 Å². The summed E-state index contributed by atoms with van der Waals surface area (Å²) in [5.41, 5.74) is 0.501. The first kappa shape index (κ1) is 14.4. The Hall–Kier alpha value is -0.960. The van der Waals surface area contributed by atoms with Crippen LogP contribution < -0.4 is 0 Å². The molecule has 0 spiro atoms. The van der Waals surface area contributed by atoms with Gasteiger partial charge in [0.05, 0.1) is 6.10 Å². The van der Waals surface area contributed by atoms with E-state index in [0.717, 1.165) is 31.4 Å². The van der Waals surface area contributed by atoms with Crippen LogP contribution in [-0.2, 0) is 0 Å². The second-order valence-corrected chi connectivity index (χ2v) is 5.70. The van der Waals surface area contributed by atoms with Crippen molar-refractivity contribution in [2.75, 3.05) is 0 Å². The highest BCUT2D eigenvalue weighted by atomic mass is 19.2. The van der Waals surface area contributed by atoms with Gasteiger partial charge in [-0.3, -0.25) is 0 Å². The van der Waals surface area contributed by atoms with Crippen molar-refractivity contribution in [3.63, 3.8) is 0 Å². The molecule has 0 aromatic heterocycles. The molecule has 1 aromatic rings. The minimum Gasteiger partial charge on any atom is -0.388 e. The third-order valence-corrected chi connectivity index (χ3v) is 4.25. The van der Waals surface area contributed by atoms with E-state index in [1.807, 2.05) is 0 Å². The van der Waals surface area contributed by atoms with Crippen molar-refractivity contribution >= 4 is 0 Å². The molecule has 0 heterocycles. The summed E-state index contributed by atoms with van der Waals surface area (Å²) in [7, 11) is 0. The fourth-order valence-corrected chi connectivity index (χ4v) is 3.26. The van der Waals surface area contributed by atoms with Gasteiger partial charge in [0.15, 0.2) is 11.6 Å². The molecular formula is C16H22F2O. The largest absolute Gasteiger partial charge is 0.388 e. The lowest BCUT2D eigenvalue weighted by molar-refractivity contribution is 0.0665. The summed E-state index contributed by atoms with van der Waals surface area (Å²) in [6.45, 7) is 2.18. The van der Waals surface area contributed by atoms with Crippen LogP contribution in [0.25, 0.3) is 0 Å². The summed E-state index contributed by atoms with van der Waals surface area (Å²) in [5.74, 6) is -0.889. The van der Waals surface area contributed by atoms with Gasteiger partial charge >= 0.3 is 0 Å². The molecule has 3 atom stereocenters.